The number of Topliss-reactive ketones (excluding diaryl/α,β-unsaturated/α-hetero) is 2. The van der Waals surface area contributed by atoms with Crippen LogP contribution in [0.25, 0.3) is 0 Å². The first-order valence-electron chi connectivity index (χ1n) is 7.01. The molecule has 0 saturated heterocycles. The van der Waals surface area contributed by atoms with Crippen LogP contribution in [-0.2, 0) is 9.53 Å². The predicted molar refractivity (Wildman–Crippen MR) is 80.7 cm³/mol. The number of carbonyl (C=O) groups excluding carboxylic acids is 3. The second-order valence-electron chi connectivity index (χ2n) is 6.16. The highest BCUT2D eigenvalue weighted by molar-refractivity contribution is 6.12. The Morgan fingerprint density at radius 3 is 2.43 bits per heavy atom. The minimum Gasteiger partial charge on any atom is -0.461 e. The Morgan fingerprint density at radius 1 is 1.39 bits per heavy atom. The summed E-state index contributed by atoms with van der Waals surface area (Å²) in [7, 11) is 1.36. The molecule has 1 aromatic heterocycles. The maximum atomic E-state index is 12.2. The third-order valence-electron chi connectivity index (χ3n) is 2.90. The molecule has 0 aliphatic carbocycles. The van der Waals surface area contributed by atoms with Crippen LogP contribution in [0.1, 0.15) is 36.9 Å². The molecule has 0 saturated carbocycles. The number of likely N-dealkylation sites (N-methyl/N-ethyl adjacent to an activating group) is 1. The fourth-order valence-electron chi connectivity index (χ4n) is 1.76. The second kappa shape index (κ2) is 7.09. The Kier molecular flexibility index (Phi) is 5.68. The fraction of sp³-hybridized carbons (Fsp3) is 0.500. The number of nitriles is 1. The minimum absolute atomic E-state index is 0.0233. The number of ether oxygens (including phenoxy) is 1. The number of carbonyl (C=O) groups is 3. The van der Waals surface area contributed by atoms with Crippen LogP contribution in [0.5, 0.6) is 0 Å². The van der Waals surface area contributed by atoms with E-state index >= 15 is 0 Å². The van der Waals surface area contributed by atoms with Gasteiger partial charge in [-0.05, 0) is 39.3 Å². The van der Waals surface area contributed by atoms with Gasteiger partial charge < -0.3 is 14.1 Å². The Balaban J connectivity index is 2.79. The van der Waals surface area contributed by atoms with Crippen LogP contribution in [0.2, 0.25) is 0 Å². The summed E-state index contributed by atoms with van der Waals surface area (Å²) < 4.78 is 10.1. The molecular formula is C16H20N2O5. The lowest BCUT2D eigenvalue weighted by Gasteiger charge is -2.24. The molecule has 0 aliphatic heterocycles. The fourth-order valence-corrected chi connectivity index (χ4v) is 1.76. The van der Waals surface area contributed by atoms with E-state index < -0.39 is 35.7 Å². The Bertz CT molecular complexity index is 648. The molecule has 1 aromatic rings. The van der Waals surface area contributed by atoms with Crippen LogP contribution in [0.3, 0.4) is 0 Å². The minimum atomic E-state index is -1.52. The van der Waals surface area contributed by atoms with Crippen LogP contribution in [0.15, 0.2) is 16.7 Å². The van der Waals surface area contributed by atoms with Crippen molar-refractivity contribution in [3.8, 4) is 6.07 Å². The average molecular weight is 320 g/mol. The van der Waals surface area contributed by atoms with Crippen molar-refractivity contribution in [3.63, 3.8) is 0 Å². The third kappa shape index (κ3) is 4.95. The second-order valence-corrected chi connectivity index (χ2v) is 6.16. The SMILES string of the molecule is Cc1ccoc1C(=O)[C@H](C#N)C(=O)CN(C)C(=O)OC(C)(C)C. The van der Waals surface area contributed by atoms with E-state index in [2.05, 4.69) is 0 Å². The summed E-state index contributed by atoms with van der Waals surface area (Å²) in [5.74, 6) is -2.95. The zero-order chi connectivity index (χ0) is 17.8. The van der Waals surface area contributed by atoms with E-state index in [4.69, 9.17) is 14.4 Å². The van der Waals surface area contributed by atoms with Crippen LogP contribution in [0, 0.1) is 24.2 Å². The van der Waals surface area contributed by atoms with Crippen molar-refractivity contribution in [1.29, 1.82) is 5.26 Å². The molecule has 124 valence electrons. The molecule has 0 radical (unpaired) electrons. The number of nitrogens with zero attached hydrogens (tertiary/aromatic N) is 2. The van der Waals surface area contributed by atoms with Gasteiger partial charge in [0.05, 0.1) is 18.9 Å². The number of amides is 1. The highest BCUT2D eigenvalue weighted by Gasteiger charge is 2.32. The van der Waals surface area contributed by atoms with Crippen molar-refractivity contribution in [3.05, 3.63) is 23.7 Å². The molecule has 7 heteroatoms. The summed E-state index contributed by atoms with van der Waals surface area (Å²) in [6.07, 6.45) is 0.609. The highest BCUT2D eigenvalue weighted by atomic mass is 16.6. The van der Waals surface area contributed by atoms with E-state index in [-0.39, 0.29) is 5.76 Å². The Morgan fingerprint density at radius 2 is 2.00 bits per heavy atom. The molecular weight excluding hydrogens is 300 g/mol. The van der Waals surface area contributed by atoms with Crippen molar-refractivity contribution >= 4 is 17.7 Å². The van der Waals surface area contributed by atoms with E-state index in [0.717, 1.165) is 4.90 Å². The van der Waals surface area contributed by atoms with Crippen LogP contribution < -0.4 is 0 Å². The zero-order valence-electron chi connectivity index (χ0n) is 13.9. The summed E-state index contributed by atoms with van der Waals surface area (Å²) in [4.78, 5) is 37.2. The van der Waals surface area contributed by atoms with Gasteiger partial charge in [-0.3, -0.25) is 9.59 Å². The number of hydrogen-bond acceptors (Lipinski definition) is 6. The zero-order valence-corrected chi connectivity index (χ0v) is 13.9. The molecule has 0 spiro atoms. The Labute approximate surface area is 134 Å². The van der Waals surface area contributed by atoms with E-state index in [9.17, 15) is 14.4 Å². The molecule has 1 atom stereocenters. The first kappa shape index (κ1) is 18.4. The van der Waals surface area contributed by atoms with Gasteiger partial charge in [0.15, 0.2) is 17.5 Å². The molecule has 0 N–H and O–H groups in total. The molecule has 1 amide bonds. The van der Waals surface area contributed by atoms with Crippen molar-refractivity contribution in [1.82, 2.24) is 4.90 Å². The first-order chi connectivity index (χ1) is 10.6. The number of hydrogen-bond donors (Lipinski definition) is 0. The molecule has 0 fully saturated rings. The van der Waals surface area contributed by atoms with Gasteiger partial charge in [-0.1, -0.05) is 0 Å². The van der Waals surface area contributed by atoms with E-state index in [1.54, 1.807) is 39.8 Å². The van der Waals surface area contributed by atoms with Crippen molar-refractivity contribution in [2.45, 2.75) is 33.3 Å². The van der Waals surface area contributed by atoms with E-state index in [1.807, 2.05) is 0 Å². The maximum absolute atomic E-state index is 12.2. The van der Waals surface area contributed by atoms with Crippen molar-refractivity contribution in [2.75, 3.05) is 13.6 Å². The average Bonchev–Trinajstić information content (AvgIpc) is 2.83. The van der Waals surface area contributed by atoms with Crippen LogP contribution >= 0.6 is 0 Å². The van der Waals surface area contributed by atoms with E-state index in [1.165, 1.54) is 13.3 Å². The summed E-state index contributed by atoms with van der Waals surface area (Å²) >= 11 is 0. The summed E-state index contributed by atoms with van der Waals surface area (Å²) in [6.45, 7) is 6.33. The normalized spacial score (nSPS) is 12.2. The van der Waals surface area contributed by atoms with Crippen LogP contribution in [-0.4, -0.2) is 41.8 Å². The third-order valence-corrected chi connectivity index (χ3v) is 2.90. The van der Waals surface area contributed by atoms with Gasteiger partial charge in [0, 0.05) is 7.05 Å². The number of furan rings is 1. The van der Waals surface area contributed by atoms with Gasteiger partial charge >= 0.3 is 6.09 Å². The molecule has 0 unspecified atom stereocenters. The quantitative estimate of drug-likeness (QED) is 0.609. The first-order valence-corrected chi connectivity index (χ1v) is 7.01. The van der Waals surface area contributed by atoms with Gasteiger partial charge in [0.1, 0.15) is 5.60 Å². The van der Waals surface area contributed by atoms with Crippen molar-refractivity contribution in [2.24, 2.45) is 5.92 Å². The molecule has 0 aromatic carbocycles. The van der Waals surface area contributed by atoms with Gasteiger partial charge in [0.25, 0.3) is 0 Å². The summed E-state index contributed by atoms with van der Waals surface area (Å²) in [6, 6.07) is 3.24. The van der Waals surface area contributed by atoms with E-state index in [0.29, 0.717) is 5.56 Å². The Hall–Kier alpha value is -2.62. The van der Waals surface area contributed by atoms with Gasteiger partial charge in [-0.15, -0.1) is 0 Å². The largest absolute Gasteiger partial charge is 0.461 e. The monoisotopic (exact) mass is 320 g/mol. The molecule has 0 bridgehead atoms. The lowest BCUT2D eigenvalue weighted by molar-refractivity contribution is -0.121. The number of rotatable bonds is 5. The molecule has 1 heterocycles. The molecule has 23 heavy (non-hydrogen) atoms. The summed E-state index contributed by atoms with van der Waals surface area (Å²) in [5, 5.41) is 9.13. The summed E-state index contributed by atoms with van der Waals surface area (Å²) in [5.41, 5.74) is -0.159. The maximum Gasteiger partial charge on any atom is 0.410 e. The van der Waals surface area contributed by atoms with Crippen molar-refractivity contribution < 1.29 is 23.5 Å². The molecule has 0 aliphatic rings. The molecule has 1 rings (SSSR count). The smallest absolute Gasteiger partial charge is 0.410 e. The van der Waals surface area contributed by atoms with Gasteiger partial charge in [-0.2, -0.15) is 5.26 Å². The predicted octanol–water partition coefficient (Wildman–Crippen LogP) is 2.35. The molecule has 7 nitrogen and oxygen atoms in total. The lowest BCUT2D eigenvalue weighted by Crippen LogP contribution is -2.40. The highest BCUT2D eigenvalue weighted by Crippen LogP contribution is 2.16. The number of ketones is 2. The topological polar surface area (TPSA) is 101 Å². The van der Waals surface area contributed by atoms with Gasteiger partial charge in [0.2, 0.25) is 5.78 Å². The van der Waals surface area contributed by atoms with Gasteiger partial charge in [-0.25, -0.2) is 4.79 Å². The standard InChI is InChI=1S/C16H20N2O5/c1-10-6-7-22-14(10)13(20)11(8-17)12(19)9-18(5)15(21)23-16(2,3)4/h6-7,11H,9H2,1-5H3/t11-/m1/s1. The number of aryl methyl sites for hydroxylation is 1. The lowest BCUT2D eigenvalue weighted by atomic mass is 9.97. The van der Waals surface area contributed by atoms with Crippen LogP contribution in [0.4, 0.5) is 4.79 Å².